The zero-order valence-electron chi connectivity index (χ0n) is 17.8. The lowest BCUT2D eigenvalue weighted by atomic mass is 10.1. The molecular formula is C25H24N2O3S. The summed E-state index contributed by atoms with van der Waals surface area (Å²) in [7, 11) is 3.25. The molecule has 0 saturated carbocycles. The Morgan fingerprint density at radius 1 is 0.935 bits per heavy atom. The number of amides is 1. The number of carbonyl (C=O) groups is 1. The third-order valence-electron chi connectivity index (χ3n) is 5.05. The molecule has 0 radical (unpaired) electrons. The molecule has 0 fully saturated rings. The minimum atomic E-state index is -0.00792. The lowest BCUT2D eigenvalue weighted by Crippen LogP contribution is -2.31. The maximum atomic E-state index is 13.4. The summed E-state index contributed by atoms with van der Waals surface area (Å²) in [6.07, 6.45) is 0.304. The Morgan fingerprint density at radius 3 is 2.35 bits per heavy atom. The van der Waals surface area contributed by atoms with E-state index in [1.54, 1.807) is 19.1 Å². The molecule has 4 aromatic rings. The van der Waals surface area contributed by atoms with Gasteiger partial charge in [0.15, 0.2) is 5.13 Å². The maximum Gasteiger partial charge on any atom is 0.233 e. The average Bonchev–Trinajstić information content (AvgIpc) is 3.22. The van der Waals surface area contributed by atoms with Crippen molar-refractivity contribution in [3.05, 3.63) is 83.4 Å². The van der Waals surface area contributed by atoms with Crippen molar-refractivity contribution < 1.29 is 14.3 Å². The fourth-order valence-corrected chi connectivity index (χ4v) is 4.60. The van der Waals surface area contributed by atoms with Crippen LogP contribution in [-0.4, -0.2) is 25.1 Å². The Morgan fingerprint density at radius 2 is 1.65 bits per heavy atom. The van der Waals surface area contributed by atoms with Crippen molar-refractivity contribution in [3.8, 4) is 11.5 Å². The molecule has 0 atom stereocenters. The fourth-order valence-electron chi connectivity index (χ4n) is 3.51. The fraction of sp³-hybridized carbons (Fsp3) is 0.200. The molecule has 6 heteroatoms. The molecule has 1 amide bonds. The van der Waals surface area contributed by atoms with Crippen LogP contribution in [0.3, 0.4) is 0 Å². The Bertz CT molecular complexity index is 1160. The predicted molar refractivity (Wildman–Crippen MR) is 125 cm³/mol. The van der Waals surface area contributed by atoms with Gasteiger partial charge in [0.25, 0.3) is 0 Å². The second-order valence-electron chi connectivity index (χ2n) is 7.28. The molecule has 0 aliphatic carbocycles. The van der Waals surface area contributed by atoms with Crippen LogP contribution in [0.4, 0.5) is 5.13 Å². The van der Waals surface area contributed by atoms with Crippen molar-refractivity contribution in [2.75, 3.05) is 19.1 Å². The molecule has 0 spiro atoms. The van der Waals surface area contributed by atoms with Crippen LogP contribution in [-0.2, 0) is 17.8 Å². The number of ether oxygens (including phenoxy) is 2. The van der Waals surface area contributed by atoms with E-state index >= 15 is 0 Å². The highest BCUT2D eigenvalue weighted by Crippen LogP contribution is 2.40. The quantitative estimate of drug-likeness (QED) is 0.392. The van der Waals surface area contributed by atoms with E-state index in [-0.39, 0.29) is 5.91 Å². The number of thiazole rings is 1. The average molecular weight is 433 g/mol. The van der Waals surface area contributed by atoms with Crippen LogP contribution in [0.5, 0.6) is 11.5 Å². The van der Waals surface area contributed by atoms with Crippen molar-refractivity contribution in [3.63, 3.8) is 0 Å². The molecule has 0 aliphatic heterocycles. The number of carbonyl (C=O) groups excluding carboxylic acids is 1. The molecular weight excluding hydrogens is 408 g/mol. The zero-order valence-corrected chi connectivity index (χ0v) is 18.6. The normalized spacial score (nSPS) is 10.8. The van der Waals surface area contributed by atoms with E-state index in [9.17, 15) is 4.79 Å². The number of hydrogen-bond donors (Lipinski definition) is 0. The maximum absolute atomic E-state index is 13.4. The second kappa shape index (κ2) is 9.18. The Balaban J connectivity index is 1.75. The van der Waals surface area contributed by atoms with E-state index in [4.69, 9.17) is 14.5 Å². The summed E-state index contributed by atoms with van der Waals surface area (Å²) < 4.78 is 11.9. The van der Waals surface area contributed by atoms with Crippen LogP contribution in [0.1, 0.15) is 16.7 Å². The lowest BCUT2D eigenvalue weighted by molar-refractivity contribution is -0.118. The highest BCUT2D eigenvalue weighted by Gasteiger charge is 2.23. The van der Waals surface area contributed by atoms with Gasteiger partial charge in [0.2, 0.25) is 5.91 Å². The highest BCUT2D eigenvalue weighted by atomic mass is 32.1. The second-order valence-corrected chi connectivity index (χ2v) is 8.25. The molecule has 0 bridgehead atoms. The standard InChI is InChI=1S/C25H24N2O3S/c1-17-8-7-11-19(14-17)15-22(28)27(16-18-9-5-4-6-10-18)25-26-23-20(29-2)12-13-21(30-3)24(23)31-25/h4-14H,15-16H2,1-3H3. The number of hydrogen-bond acceptors (Lipinski definition) is 5. The van der Waals surface area contributed by atoms with Crippen LogP contribution in [0.15, 0.2) is 66.7 Å². The van der Waals surface area contributed by atoms with Crippen molar-refractivity contribution in [2.45, 2.75) is 19.9 Å². The molecule has 0 N–H and O–H groups in total. The van der Waals surface area contributed by atoms with Crippen molar-refractivity contribution >= 4 is 32.6 Å². The number of methoxy groups -OCH3 is 2. The number of rotatable bonds is 7. The first kappa shape index (κ1) is 20.9. The first-order valence-corrected chi connectivity index (χ1v) is 10.8. The van der Waals surface area contributed by atoms with Crippen molar-refractivity contribution in [1.29, 1.82) is 0 Å². The molecule has 1 aromatic heterocycles. The van der Waals surface area contributed by atoms with Crippen LogP contribution in [0.2, 0.25) is 0 Å². The highest BCUT2D eigenvalue weighted by molar-refractivity contribution is 7.22. The molecule has 5 nitrogen and oxygen atoms in total. The van der Waals surface area contributed by atoms with Crippen LogP contribution >= 0.6 is 11.3 Å². The summed E-state index contributed by atoms with van der Waals surface area (Å²) in [6, 6.07) is 21.7. The monoisotopic (exact) mass is 432 g/mol. The zero-order chi connectivity index (χ0) is 21.8. The summed E-state index contributed by atoms with van der Waals surface area (Å²) in [4.78, 5) is 20.0. The van der Waals surface area contributed by atoms with Gasteiger partial charge in [-0.1, -0.05) is 71.5 Å². The van der Waals surface area contributed by atoms with E-state index in [0.717, 1.165) is 21.4 Å². The predicted octanol–water partition coefficient (Wildman–Crippen LogP) is 5.40. The minimum Gasteiger partial charge on any atom is -0.495 e. The summed E-state index contributed by atoms with van der Waals surface area (Å²) in [5.74, 6) is 1.36. The van der Waals surface area contributed by atoms with Crippen LogP contribution < -0.4 is 14.4 Å². The Hall–Kier alpha value is -3.38. The van der Waals surface area contributed by atoms with Gasteiger partial charge in [0, 0.05) is 0 Å². The number of aryl methyl sites for hydroxylation is 1. The van der Waals surface area contributed by atoms with Gasteiger partial charge in [-0.15, -0.1) is 0 Å². The van der Waals surface area contributed by atoms with E-state index < -0.39 is 0 Å². The van der Waals surface area contributed by atoms with Crippen LogP contribution in [0, 0.1) is 6.92 Å². The van der Waals surface area contributed by atoms with E-state index in [1.807, 2.05) is 73.7 Å². The molecule has 0 saturated heterocycles. The topological polar surface area (TPSA) is 51.7 Å². The smallest absolute Gasteiger partial charge is 0.233 e. The first-order chi connectivity index (χ1) is 15.1. The van der Waals surface area contributed by atoms with E-state index in [1.165, 1.54) is 11.3 Å². The lowest BCUT2D eigenvalue weighted by Gasteiger charge is -2.20. The largest absolute Gasteiger partial charge is 0.495 e. The van der Waals surface area contributed by atoms with Gasteiger partial charge in [-0.05, 0) is 30.2 Å². The summed E-state index contributed by atoms with van der Waals surface area (Å²) >= 11 is 1.44. The van der Waals surface area contributed by atoms with Gasteiger partial charge in [0.1, 0.15) is 21.7 Å². The third kappa shape index (κ3) is 4.54. The molecule has 4 rings (SSSR count). The summed E-state index contributed by atoms with van der Waals surface area (Å²) in [5.41, 5.74) is 3.86. The van der Waals surface area contributed by atoms with Crippen LogP contribution in [0.25, 0.3) is 10.2 Å². The van der Waals surface area contributed by atoms with Gasteiger partial charge in [-0.25, -0.2) is 4.98 Å². The summed E-state index contributed by atoms with van der Waals surface area (Å²) in [5, 5.41) is 0.624. The van der Waals surface area contributed by atoms with E-state index in [2.05, 4.69) is 0 Å². The number of benzene rings is 3. The van der Waals surface area contributed by atoms with E-state index in [0.29, 0.717) is 35.1 Å². The Labute approximate surface area is 185 Å². The molecule has 1 heterocycles. The molecule has 0 unspecified atom stereocenters. The number of anilines is 1. The van der Waals surface area contributed by atoms with Gasteiger partial charge >= 0.3 is 0 Å². The number of fused-ring (bicyclic) bond motifs is 1. The van der Waals surface area contributed by atoms with Crippen molar-refractivity contribution in [2.24, 2.45) is 0 Å². The number of aromatic nitrogens is 1. The third-order valence-corrected chi connectivity index (χ3v) is 6.15. The Kier molecular flexibility index (Phi) is 6.18. The van der Waals surface area contributed by atoms with Gasteiger partial charge in [-0.3, -0.25) is 9.69 Å². The van der Waals surface area contributed by atoms with Gasteiger partial charge < -0.3 is 9.47 Å². The SMILES string of the molecule is COc1ccc(OC)c2sc(N(Cc3ccccc3)C(=O)Cc3cccc(C)c3)nc12. The minimum absolute atomic E-state index is 0.00792. The molecule has 3 aromatic carbocycles. The summed E-state index contributed by atoms with van der Waals surface area (Å²) in [6.45, 7) is 2.47. The number of nitrogens with zero attached hydrogens (tertiary/aromatic N) is 2. The van der Waals surface area contributed by atoms with Gasteiger partial charge in [-0.2, -0.15) is 0 Å². The molecule has 0 aliphatic rings. The van der Waals surface area contributed by atoms with Crippen molar-refractivity contribution in [1.82, 2.24) is 4.98 Å². The first-order valence-electron chi connectivity index (χ1n) is 10.0. The van der Waals surface area contributed by atoms with Gasteiger partial charge in [0.05, 0.1) is 27.2 Å². The molecule has 31 heavy (non-hydrogen) atoms. The molecule has 158 valence electrons.